The first kappa shape index (κ1) is 12.1. The molecule has 0 amide bonds. The summed E-state index contributed by atoms with van der Waals surface area (Å²) in [6, 6.07) is 14.7. The molecule has 3 heteroatoms. The number of nitrogens with zero attached hydrogens (tertiary/aromatic N) is 1. The number of aromatic nitrogens is 2. The van der Waals surface area contributed by atoms with Crippen LogP contribution in [0.4, 0.5) is 0 Å². The highest BCUT2D eigenvalue weighted by Crippen LogP contribution is 2.29. The van der Waals surface area contributed by atoms with Crippen LogP contribution in [-0.4, -0.2) is 9.97 Å². The molecule has 0 aliphatic carbocycles. The number of benzene rings is 2. The molecule has 0 aliphatic rings. The predicted molar refractivity (Wildman–Crippen MR) is 81.8 cm³/mol. The molecule has 0 radical (unpaired) electrons. The van der Waals surface area contributed by atoms with Gasteiger partial charge in [-0.15, -0.1) is 0 Å². The minimum atomic E-state index is 0.666. The van der Waals surface area contributed by atoms with Crippen LogP contribution in [0.15, 0.2) is 42.5 Å². The van der Waals surface area contributed by atoms with Crippen molar-refractivity contribution in [1.82, 2.24) is 9.97 Å². The first-order valence-corrected chi connectivity index (χ1v) is 6.63. The fraction of sp³-hybridized carbons (Fsp3) is 0.125. The maximum Gasteiger partial charge on any atom is 0.133 e. The molecule has 0 bridgehead atoms. The highest BCUT2D eigenvalue weighted by Gasteiger charge is 2.08. The van der Waals surface area contributed by atoms with E-state index >= 15 is 0 Å². The molecule has 1 N–H and O–H groups in total. The van der Waals surface area contributed by atoms with E-state index in [9.17, 15) is 0 Å². The van der Waals surface area contributed by atoms with Crippen LogP contribution in [0.5, 0.6) is 0 Å². The van der Waals surface area contributed by atoms with E-state index in [-0.39, 0.29) is 0 Å². The molecule has 94 valence electrons. The highest BCUT2D eigenvalue weighted by atomic mass is 32.1. The van der Waals surface area contributed by atoms with Crippen molar-refractivity contribution in [1.29, 1.82) is 0 Å². The zero-order valence-electron chi connectivity index (χ0n) is 10.9. The minimum absolute atomic E-state index is 0.666. The lowest BCUT2D eigenvalue weighted by molar-refractivity contribution is 1.02. The smallest absolute Gasteiger partial charge is 0.133 e. The Labute approximate surface area is 117 Å². The Morgan fingerprint density at radius 3 is 2.58 bits per heavy atom. The fourth-order valence-corrected chi connectivity index (χ4v) is 2.60. The van der Waals surface area contributed by atoms with Crippen molar-refractivity contribution in [3.63, 3.8) is 0 Å². The van der Waals surface area contributed by atoms with Gasteiger partial charge in [0.1, 0.15) is 10.5 Å². The van der Waals surface area contributed by atoms with Gasteiger partial charge in [0.25, 0.3) is 0 Å². The van der Waals surface area contributed by atoms with E-state index in [1.807, 2.05) is 13.8 Å². The van der Waals surface area contributed by atoms with Gasteiger partial charge in [0.2, 0.25) is 0 Å². The molecule has 3 aromatic rings. The van der Waals surface area contributed by atoms with Gasteiger partial charge >= 0.3 is 0 Å². The number of hydrogen-bond donors (Lipinski definition) is 1. The summed E-state index contributed by atoms with van der Waals surface area (Å²) in [5, 5.41) is 2.46. The van der Waals surface area contributed by atoms with Crippen molar-refractivity contribution in [2.45, 2.75) is 13.8 Å². The molecule has 3 rings (SSSR count). The van der Waals surface area contributed by atoms with Gasteiger partial charge in [-0.1, -0.05) is 54.7 Å². The van der Waals surface area contributed by atoms with E-state index in [1.54, 1.807) is 0 Å². The zero-order valence-corrected chi connectivity index (χ0v) is 11.7. The maximum absolute atomic E-state index is 5.32. The molecule has 0 aliphatic heterocycles. The van der Waals surface area contributed by atoms with Crippen molar-refractivity contribution in [2.24, 2.45) is 0 Å². The first-order chi connectivity index (χ1) is 9.16. The van der Waals surface area contributed by atoms with E-state index in [1.165, 1.54) is 16.3 Å². The number of aryl methyl sites for hydroxylation is 1. The lowest BCUT2D eigenvalue weighted by Crippen LogP contribution is -1.96. The molecule has 1 aromatic heterocycles. The van der Waals surface area contributed by atoms with E-state index in [0.717, 1.165) is 17.1 Å². The average molecular weight is 266 g/mol. The Hall–Kier alpha value is -2.00. The molecule has 0 saturated carbocycles. The van der Waals surface area contributed by atoms with E-state index in [0.29, 0.717) is 4.64 Å². The average Bonchev–Trinajstić information content (AvgIpc) is 2.42. The third-order valence-electron chi connectivity index (χ3n) is 3.33. The van der Waals surface area contributed by atoms with Gasteiger partial charge in [0.05, 0.1) is 5.69 Å². The minimum Gasteiger partial charge on any atom is -0.343 e. The SMILES string of the molecule is Cc1nc(=S)c(C)c(-c2cccc3ccccc23)[nH]1. The van der Waals surface area contributed by atoms with Crippen LogP contribution in [0.1, 0.15) is 11.4 Å². The van der Waals surface area contributed by atoms with Crippen LogP contribution < -0.4 is 0 Å². The Bertz CT molecular complexity index is 813. The molecule has 0 fully saturated rings. The molecule has 19 heavy (non-hydrogen) atoms. The van der Waals surface area contributed by atoms with E-state index in [2.05, 4.69) is 52.4 Å². The number of H-pyrrole nitrogens is 1. The van der Waals surface area contributed by atoms with Crippen LogP contribution in [0, 0.1) is 18.5 Å². The summed E-state index contributed by atoms with van der Waals surface area (Å²) in [7, 11) is 0. The van der Waals surface area contributed by atoms with Crippen LogP contribution in [0.25, 0.3) is 22.0 Å². The molecule has 0 saturated heterocycles. The molecule has 0 unspecified atom stereocenters. The van der Waals surface area contributed by atoms with Gasteiger partial charge < -0.3 is 4.98 Å². The number of nitrogens with one attached hydrogen (secondary N) is 1. The van der Waals surface area contributed by atoms with Crippen molar-refractivity contribution in [2.75, 3.05) is 0 Å². The quantitative estimate of drug-likeness (QED) is 0.653. The third-order valence-corrected chi connectivity index (χ3v) is 3.73. The van der Waals surface area contributed by atoms with Gasteiger partial charge in [-0.25, -0.2) is 4.98 Å². The Morgan fingerprint density at radius 2 is 1.74 bits per heavy atom. The molecule has 2 aromatic carbocycles. The van der Waals surface area contributed by atoms with Crippen molar-refractivity contribution < 1.29 is 0 Å². The summed E-state index contributed by atoms with van der Waals surface area (Å²) >= 11 is 5.32. The van der Waals surface area contributed by atoms with Crippen molar-refractivity contribution >= 4 is 23.0 Å². The number of hydrogen-bond acceptors (Lipinski definition) is 2. The lowest BCUT2D eigenvalue weighted by atomic mass is 10.00. The summed E-state index contributed by atoms with van der Waals surface area (Å²) < 4.78 is 0.666. The lowest BCUT2D eigenvalue weighted by Gasteiger charge is -2.10. The van der Waals surface area contributed by atoms with Crippen LogP contribution in [0.2, 0.25) is 0 Å². The Balaban J connectivity index is 2.40. The summed E-state index contributed by atoms with van der Waals surface area (Å²) in [5.74, 6) is 0.846. The summed E-state index contributed by atoms with van der Waals surface area (Å²) in [6.07, 6.45) is 0. The highest BCUT2D eigenvalue weighted by molar-refractivity contribution is 7.71. The second kappa shape index (κ2) is 4.59. The van der Waals surface area contributed by atoms with E-state index < -0.39 is 0 Å². The maximum atomic E-state index is 5.32. The van der Waals surface area contributed by atoms with Gasteiger partial charge in [-0.3, -0.25) is 0 Å². The van der Waals surface area contributed by atoms with Gasteiger partial charge in [-0.2, -0.15) is 0 Å². The molecule has 0 spiro atoms. The largest absolute Gasteiger partial charge is 0.343 e. The third kappa shape index (κ3) is 2.06. The zero-order chi connectivity index (χ0) is 13.4. The molecular formula is C16H14N2S. The summed E-state index contributed by atoms with van der Waals surface area (Å²) in [5.41, 5.74) is 3.26. The van der Waals surface area contributed by atoms with Crippen molar-refractivity contribution in [3.05, 3.63) is 58.5 Å². The predicted octanol–water partition coefficient (Wildman–Crippen LogP) is 4.58. The van der Waals surface area contributed by atoms with Gasteiger partial charge in [-0.05, 0) is 24.6 Å². The first-order valence-electron chi connectivity index (χ1n) is 6.22. The fourth-order valence-electron chi connectivity index (χ4n) is 2.36. The number of rotatable bonds is 1. The summed E-state index contributed by atoms with van der Waals surface area (Å²) in [4.78, 5) is 7.65. The van der Waals surface area contributed by atoms with Crippen LogP contribution in [0.3, 0.4) is 0 Å². The monoisotopic (exact) mass is 266 g/mol. The van der Waals surface area contributed by atoms with Gasteiger partial charge in [0, 0.05) is 11.1 Å². The Morgan fingerprint density at radius 1 is 1.00 bits per heavy atom. The van der Waals surface area contributed by atoms with Crippen LogP contribution >= 0.6 is 12.2 Å². The molecule has 2 nitrogen and oxygen atoms in total. The summed E-state index contributed by atoms with van der Waals surface area (Å²) in [6.45, 7) is 3.95. The second-order valence-corrected chi connectivity index (χ2v) is 5.04. The standard InChI is InChI=1S/C16H14N2S/c1-10-15(17-11(2)18-16(10)19)14-9-5-7-12-6-3-4-8-13(12)14/h3-9H,1-2H3,(H,17,18,19). The second-order valence-electron chi connectivity index (χ2n) is 4.65. The topological polar surface area (TPSA) is 28.7 Å². The molecule has 1 heterocycles. The molecule has 0 atom stereocenters. The van der Waals surface area contributed by atoms with E-state index in [4.69, 9.17) is 12.2 Å². The number of aromatic amines is 1. The normalized spacial score (nSPS) is 10.8. The van der Waals surface area contributed by atoms with Crippen LogP contribution in [-0.2, 0) is 0 Å². The number of fused-ring (bicyclic) bond motifs is 1. The van der Waals surface area contributed by atoms with Crippen molar-refractivity contribution in [3.8, 4) is 11.3 Å². The Kier molecular flexibility index (Phi) is 2.91. The van der Waals surface area contributed by atoms with Gasteiger partial charge in [0.15, 0.2) is 0 Å². The molecular weight excluding hydrogens is 252 g/mol.